The van der Waals surface area contributed by atoms with Gasteiger partial charge in [-0.05, 0) is 30.3 Å². The van der Waals surface area contributed by atoms with Crippen LogP contribution in [0.3, 0.4) is 0 Å². The number of anilines is 1. The van der Waals surface area contributed by atoms with E-state index in [1.165, 1.54) is 20.3 Å². The van der Waals surface area contributed by atoms with Gasteiger partial charge in [-0.25, -0.2) is 9.78 Å². The maximum atomic E-state index is 12.3. The molecule has 0 radical (unpaired) electrons. The van der Waals surface area contributed by atoms with E-state index in [1.807, 2.05) is 6.07 Å². The molecule has 0 fully saturated rings. The molecule has 0 spiro atoms. The number of esters is 1. The molecule has 8 heteroatoms. The fourth-order valence-electron chi connectivity index (χ4n) is 2.58. The van der Waals surface area contributed by atoms with Crippen molar-refractivity contribution in [3.8, 4) is 11.5 Å². The molecule has 3 aromatic rings. The number of benzene rings is 2. The number of para-hydroxylation sites is 1. The number of halogens is 1. The van der Waals surface area contributed by atoms with Gasteiger partial charge in [-0.2, -0.15) is 0 Å². The third kappa shape index (κ3) is 4.32. The molecule has 0 bridgehead atoms. The Hall–Kier alpha value is -3.32. The van der Waals surface area contributed by atoms with Gasteiger partial charge in [0.1, 0.15) is 11.5 Å². The van der Waals surface area contributed by atoms with Gasteiger partial charge in [-0.15, -0.1) is 0 Å². The summed E-state index contributed by atoms with van der Waals surface area (Å²) >= 11 is 5.97. The van der Waals surface area contributed by atoms with E-state index >= 15 is 0 Å². The molecule has 0 unspecified atom stereocenters. The summed E-state index contributed by atoms with van der Waals surface area (Å²) in [5.74, 6) is -0.191. The maximum absolute atomic E-state index is 12.3. The Labute approximate surface area is 166 Å². The number of methoxy groups -OCH3 is 2. The van der Waals surface area contributed by atoms with Crippen molar-refractivity contribution in [1.29, 1.82) is 0 Å². The lowest BCUT2D eigenvalue weighted by atomic mass is 10.2. The number of fused-ring (bicyclic) bond motifs is 1. The summed E-state index contributed by atoms with van der Waals surface area (Å²) in [4.78, 5) is 28.4. The molecule has 7 nitrogen and oxygen atoms in total. The Balaban J connectivity index is 1.80. The number of carbonyl (C=O) groups is 2. The summed E-state index contributed by atoms with van der Waals surface area (Å²) in [7, 11) is 2.76. The highest BCUT2D eigenvalue weighted by Gasteiger charge is 2.15. The van der Waals surface area contributed by atoms with Gasteiger partial charge in [0.15, 0.2) is 12.3 Å². The van der Waals surface area contributed by atoms with E-state index in [1.54, 1.807) is 36.4 Å². The molecule has 0 aliphatic rings. The van der Waals surface area contributed by atoms with Crippen molar-refractivity contribution in [2.24, 2.45) is 0 Å². The topological polar surface area (TPSA) is 86.8 Å². The average molecular weight is 401 g/mol. The molecule has 0 saturated carbocycles. The quantitative estimate of drug-likeness (QED) is 0.635. The molecular weight excluding hydrogens is 384 g/mol. The zero-order valence-electron chi connectivity index (χ0n) is 15.2. The van der Waals surface area contributed by atoms with E-state index in [0.717, 1.165) is 0 Å². The van der Waals surface area contributed by atoms with Crippen LogP contribution in [0.5, 0.6) is 11.5 Å². The van der Waals surface area contributed by atoms with Gasteiger partial charge in [0, 0.05) is 16.5 Å². The Bertz CT molecular complexity index is 1040. The van der Waals surface area contributed by atoms with Crippen LogP contribution in [0.4, 0.5) is 5.69 Å². The number of hydrogen-bond donors (Lipinski definition) is 1. The van der Waals surface area contributed by atoms with Crippen LogP contribution in [0.2, 0.25) is 5.02 Å². The number of rotatable bonds is 6. The van der Waals surface area contributed by atoms with Crippen molar-refractivity contribution < 1.29 is 23.8 Å². The zero-order valence-corrected chi connectivity index (χ0v) is 15.9. The van der Waals surface area contributed by atoms with E-state index in [-0.39, 0.29) is 12.3 Å². The van der Waals surface area contributed by atoms with Crippen molar-refractivity contribution >= 4 is 40.1 Å². The van der Waals surface area contributed by atoms with Gasteiger partial charge >= 0.3 is 5.97 Å². The van der Waals surface area contributed by atoms with Crippen LogP contribution in [-0.2, 0) is 9.53 Å². The van der Waals surface area contributed by atoms with Crippen molar-refractivity contribution in [3.05, 3.63) is 59.2 Å². The molecule has 28 heavy (non-hydrogen) atoms. The van der Waals surface area contributed by atoms with Crippen LogP contribution in [0, 0.1) is 0 Å². The van der Waals surface area contributed by atoms with Crippen LogP contribution in [0.15, 0.2) is 48.5 Å². The predicted molar refractivity (Wildman–Crippen MR) is 105 cm³/mol. The highest BCUT2D eigenvalue weighted by atomic mass is 35.5. The highest BCUT2D eigenvalue weighted by Crippen LogP contribution is 2.28. The molecule has 3 rings (SSSR count). The average Bonchev–Trinajstić information content (AvgIpc) is 2.71. The number of ether oxygens (including phenoxy) is 3. The standard InChI is InChI=1S/C20H17ClN2O5/c1-26-17-8-7-12(21)9-15(17)23-19(24)11-28-18-10-16(20(25)27-2)22-14-6-4-3-5-13(14)18/h3-10H,11H2,1-2H3,(H,23,24). The molecular formula is C20H17ClN2O5. The molecule has 0 atom stereocenters. The zero-order chi connectivity index (χ0) is 20.1. The summed E-state index contributed by atoms with van der Waals surface area (Å²) < 4.78 is 15.6. The Kier molecular flexibility index (Phi) is 5.96. The fraction of sp³-hybridized carbons (Fsp3) is 0.150. The van der Waals surface area contributed by atoms with Gasteiger partial charge in [0.25, 0.3) is 5.91 Å². The van der Waals surface area contributed by atoms with Crippen molar-refractivity contribution in [2.45, 2.75) is 0 Å². The molecule has 144 valence electrons. The molecule has 0 saturated heterocycles. The molecule has 0 aliphatic carbocycles. The maximum Gasteiger partial charge on any atom is 0.356 e. The van der Waals surface area contributed by atoms with Crippen LogP contribution < -0.4 is 14.8 Å². The van der Waals surface area contributed by atoms with Gasteiger partial charge in [0.2, 0.25) is 0 Å². The van der Waals surface area contributed by atoms with Gasteiger partial charge < -0.3 is 19.5 Å². The molecule has 2 aromatic carbocycles. The first-order chi connectivity index (χ1) is 13.5. The molecule has 1 heterocycles. The molecule has 0 aliphatic heterocycles. The minimum Gasteiger partial charge on any atom is -0.495 e. The normalized spacial score (nSPS) is 10.4. The summed E-state index contributed by atoms with van der Waals surface area (Å²) in [5.41, 5.74) is 1.07. The summed E-state index contributed by atoms with van der Waals surface area (Å²) in [6.07, 6.45) is 0. The van der Waals surface area contributed by atoms with E-state index in [0.29, 0.717) is 33.1 Å². The van der Waals surface area contributed by atoms with E-state index in [2.05, 4.69) is 10.3 Å². The van der Waals surface area contributed by atoms with E-state index < -0.39 is 11.9 Å². The molecule has 1 aromatic heterocycles. The second-order valence-corrected chi connectivity index (χ2v) is 6.13. The Morgan fingerprint density at radius 3 is 2.61 bits per heavy atom. The Morgan fingerprint density at radius 2 is 1.86 bits per heavy atom. The number of nitrogens with one attached hydrogen (secondary N) is 1. The second-order valence-electron chi connectivity index (χ2n) is 5.70. The summed E-state index contributed by atoms with van der Waals surface area (Å²) in [6.45, 7) is -0.287. The minimum absolute atomic E-state index is 0.0909. The van der Waals surface area contributed by atoms with E-state index in [4.69, 9.17) is 25.8 Å². The highest BCUT2D eigenvalue weighted by molar-refractivity contribution is 6.31. The van der Waals surface area contributed by atoms with Crippen LogP contribution in [-0.4, -0.2) is 37.7 Å². The number of pyridine rings is 1. The van der Waals surface area contributed by atoms with E-state index in [9.17, 15) is 9.59 Å². The summed E-state index contributed by atoms with van der Waals surface area (Å²) in [6, 6.07) is 13.5. The van der Waals surface area contributed by atoms with Gasteiger partial charge in [-0.3, -0.25) is 4.79 Å². The largest absolute Gasteiger partial charge is 0.495 e. The SMILES string of the molecule is COC(=O)c1cc(OCC(=O)Nc2cc(Cl)ccc2OC)c2ccccc2n1. The second kappa shape index (κ2) is 8.58. The minimum atomic E-state index is -0.594. The monoisotopic (exact) mass is 400 g/mol. The van der Waals surface area contributed by atoms with Gasteiger partial charge in [0.05, 0.1) is 25.4 Å². The number of amides is 1. The van der Waals surface area contributed by atoms with Crippen LogP contribution in [0.25, 0.3) is 10.9 Å². The third-order valence-electron chi connectivity index (χ3n) is 3.87. The fourth-order valence-corrected chi connectivity index (χ4v) is 2.75. The predicted octanol–water partition coefficient (Wildman–Crippen LogP) is 3.70. The number of nitrogens with zero attached hydrogens (tertiary/aromatic N) is 1. The first kappa shape index (κ1) is 19.4. The first-order valence-electron chi connectivity index (χ1n) is 8.26. The third-order valence-corrected chi connectivity index (χ3v) is 4.10. The Morgan fingerprint density at radius 1 is 1.07 bits per heavy atom. The van der Waals surface area contributed by atoms with Gasteiger partial charge in [-0.1, -0.05) is 23.7 Å². The first-order valence-corrected chi connectivity index (χ1v) is 8.64. The number of carbonyl (C=O) groups excluding carboxylic acids is 2. The number of aromatic nitrogens is 1. The lowest BCUT2D eigenvalue weighted by molar-refractivity contribution is -0.118. The lowest BCUT2D eigenvalue weighted by Crippen LogP contribution is -2.21. The summed E-state index contributed by atoms with van der Waals surface area (Å²) in [5, 5.41) is 3.82. The van der Waals surface area contributed by atoms with Crippen molar-refractivity contribution in [3.63, 3.8) is 0 Å². The van der Waals surface area contributed by atoms with Crippen LogP contribution in [0.1, 0.15) is 10.5 Å². The van der Waals surface area contributed by atoms with Crippen molar-refractivity contribution in [1.82, 2.24) is 4.98 Å². The molecule has 1 amide bonds. The lowest BCUT2D eigenvalue weighted by Gasteiger charge is -2.13. The smallest absolute Gasteiger partial charge is 0.356 e. The number of hydrogen-bond acceptors (Lipinski definition) is 6. The van der Waals surface area contributed by atoms with Crippen molar-refractivity contribution in [2.75, 3.05) is 26.1 Å². The molecule has 1 N–H and O–H groups in total. The van der Waals surface area contributed by atoms with Crippen LogP contribution >= 0.6 is 11.6 Å².